The SMILES string of the molecule is O[C@@H]1COC[C@H]1C#CCc1ccccc1. The molecule has 0 unspecified atom stereocenters. The number of ether oxygens (including phenoxy) is 1. The fourth-order valence-electron chi connectivity index (χ4n) is 1.56. The van der Waals surface area contributed by atoms with Crippen LogP contribution in [-0.2, 0) is 11.2 Å². The molecule has 1 aromatic carbocycles. The lowest BCUT2D eigenvalue weighted by Crippen LogP contribution is -2.15. The van der Waals surface area contributed by atoms with Gasteiger partial charge in [0, 0.05) is 6.42 Å². The van der Waals surface area contributed by atoms with Crippen LogP contribution in [0.15, 0.2) is 30.3 Å². The van der Waals surface area contributed by atoms with Crippen molar-refractivity contribution in [1.82, 2.24) is 0 Å². The Morgan fingerprint density at radius 1 is 1.27 bits per heavy atom. The summed E-state index contributed by atoms with van der Waals surface area (Å²) in [5.41, 5.74) is 1.21. The molecule has 0 aromatic heterocycles. The van der Waals surface area contributed by atoms with Crippen LogP contribution in [0.3, 0.4) is 0 Å². The quantitative estimate of drug-likeness (QED) is 0.694. The number of rotatable bonds is 1. The number of aliphatic hydroxyl groups is 1. The van der Waals surface area contributed by atoms with Crippen LogP contribution in [0.5, 0.6) is 0 Å². The van der Waals surface area contributed by atoms with E-state index in [1.165, 1.54) is 5.56 Å². The lowest BCUT2D eigenvalue weighted by Gasteiger charge is -2.02. The summed E-state index contributed by atoms with van der Waals surface area (Å²) in [5, 5.41) is 9.46. The second-order valence-corrected chi connectivity index (χ2v) is 3.69. The van der Waals surface area contributed by atoms with Crippen LogP contribution in [0.25, 0.3) is 0 Å². The predicted molar refractivity (Wildman–Crippen MR) is 58.2 cm³/mol. The fourth-order valence-corrected chi connectivity index (χ4v) is 1.56. The summed E-state index contributed by atoms with van der Waals surface area (Å²) in [6.45, 7) is 0.980. The maximum absolute atomic E-state index is 9.46. The van der Waals surface area contributed by atoms with Crippen molar-refractivity contribution in [2.45, 2.75) is 12.5 Å². The predicted octanol–water partition coefficient (Wildman–Crippen LogP) is 1.24. The fraction of sp³-hybridized carbons (Fsp3) is 0.385. The number of hydrogen-bond acceptors (Lipinski definition) is 2. The van der Waals surface area contributed by atoms with Crippen LogP contribution in [0, 0.1) is 17.8 Å². The van der Waals surface area contributed by atoms with E-state index >= 15 is 0 Å². The van der Waals surface area contributed by atoms with Gasteiger partial charge in [-0.2, -0.15) is 0 Å². The highest BCUT2D eigenvalue weighted by Crippen LogP contribution is 2.11. The molecule has 1 aliphatic rings. The average molecular weight is 202 g/mol. The van der Waals surface area contributed by atoms with Gasteiger partial charge in [-0.15, -0.1) is 0 Å². The minimum atomic E-state index is -0.409. The molecule has 2 atom stereocenters. The molecule has 2 rings (SSSR count). The summed E-state index contributed by atoms with van der Waals surface area (Å²) in [7, 11) is 0. The lowest BCUT2D eigenvalue weighted by atomic mass is 10.1. The molecule has 0 radical (unpaired) electrons. The van der Waals surface area contributed by atoms with Gasteiger partial charge in [-0.1, -0.05) is 42.2 Å². The Kier molecular flexibility index (Phi) is 3.39. The molecule has 15 heavy (non-hydrogen) atoms. The van der Waals surface area contributed by atoms with E-state index in [1.54, 1.807) is 0 Å². The monoisotopic (exact) mass is 202 g/mol. The van der Waals surface area contributed by atoms with E-state index in [4.69, 9.17) is 4.74 Å². The molecule has 1 N–H and O–H groups in total. The first-order chi connectivity index (χ1) is 7.36. The Hall–Kier alpha value is -1.30. The Labute approximate surface area is 89.9 Å². The van der Waals surface area contributed by atoms with Crippen LogP contribution in [0.2, 0.25) is 0 Å². The van der Waals surface area contributed by atoms with Crippen LogP contribution in [-0.4, -0.2) is 24.4 Å². The van der Waals surface area contributed by atoms with Gasteiger partial charge in [0.25, 0.3) is 0 Å². The molecule has 1 saturated heterocycles. The zero-order valence-electron chi connectivity index (χ0n) is 8.52. The van der Waals surface area contributed by atoms with Gasteiger partial charge in [0.15, 0.2) is 0 Å². The van der Waals surface area contributed by atoms with Crippen molar-refractivity contribution in [1.29, 1.82) is 0 Å². The van der Waals surface area contributed by atoms with Gasteiger partial charge in [-0.3, -0.25) is 0 Å². The van der Waals surface area contributed by atoms with Crippen molar-refractivity contribution >= 4 is 0 Å². The highest BCUT2D eigenvalue weighted by atomic mass is 16.5. The average Bonchev–Trinajstić information content (AvgIpc) is 2.66. The van der Waals surface area contributed by atoms with Crippen LogP contribution >= 0.6 is 0 Å². The number of hydrogen-bond donors (Lipinski definition) is 1. The first-order valence-corrected chi connectivity index (χ1v) is 5.14. The molecule has 0 spiro atoms. The van der Waals surface area contributed by atoms with Gasteiger partial charge in [0.2, 0.25) is 0 Å². The summed E-state index contributed by atoms with van der Waals surface area (Å²) < 4.78 is 5.12. The van der Waals surface area contributed by atoms with Crippen LogP contribution < -0.4 is 0 Å². The molecule has 0 saturated carbocycles. The highest BCUT2D eigenvalue weighted by molar-refractivity contribution is 5.21. The van der Waals surface area contributed by atoms with Gasteiger partial charge in [-0.05, 0) is 5.56 Å². The molecular weight excluding hydrogens is 188 g/mol. The zero-order chi connectivity index (χ0) is 10.5. The second-order valence-electron chi connectivity index (χ2n) is 3.69. The molecule has 2 heteroatoms. The van der Waals surface area contributed by atoms with E-state index in [1.807, 2.05) is 18.2 Å². The third-order valence-electron chi connectivity index (χ3n) is 2.47. The van der Waals surface area contributed by atoms with Crippen molar-refractivity contribution in [2.75, 3.05) is 13.2 Å². The van der Waals surface area contributed by atoms with E-state index in [9.17, 15) is 5.11 Å². The normalized spacial score (nSPS) is 24.6. The summed E-state index contributed by atoms with van der Waals surface area (Å²) in [4.78, 5) is 0. The Bertz CT molecular complexity index is 361. The molecule has 1 aliphatic heterocycles. The Balaban J connectivity index is 1.90. The largest absolute Gasteiger partial charge is 0.389 e. The van der Waals surface area contributed by atoms with Crippen molar-refractivity contribution in [2.24, 2.45) is 5.92 Å². The highest BCUT2D eigenvalue weighted by Gasteiger charge is 2.23. The molecular formula is C13H14O2. The minimum absolute atomic E-state index is 0.00582. The van der Waals surface area contributed by atoms with E-state index in [2.05, 4.69) is 24.0 Å². The lowest BCUT2D eigenvalue weighted by molar-refractivity contribution is 0.123. The van der Waals surface area contributed by atoms with Gasteiger partial charge >= 0.3 is 0 Å². The summed E-state index contributed by atoms with van der Waals surface area (Å²) >= 11 is 0. The molecule has 0 bridgehead atoms. The van der Waals surface area contributed by atoms with Gasteiger partial charge in [0.05, 0.1) is 25.2 Å². The standard InChI is InChI=1S/C13H14O2/c14-13-10-15-9-12(13)8-4-7-11-5-2-1-3-6-11/h1-3,5-6,12-14H,7,9-10H2/t12-,13-/m1/s1. The van der Waals surface area contributed by atoms with Crippen molar-refractivity contribution in [3.63, 3.8) is 0 Å². The molecule has 1 heterocycles. The maximum Gasteiger partial charge on any atom is 0.0933 e. The van der Waals surface area contributed by atoms with E-state index in [0.717, 1.165) is 6.42 Å². The van der Waals surface area contributed by atoms with E-state index in [-0.39, 0.29) is 5.92 Å². The molecule has 2 nitrogen and oxygen atoms in total. The summed E-state index contributed by atoms with van der Waals surface area (Å²) in [6, 6.07) is 10.1. The smallest absolute Gasteiger partial charge is 0.0933 e. The number of aliphatic hydroxyl groups excluding tert-OH is 1. The summed E-state index contributed by atoms with van der Waals surface area (Å²) in [6.07, 6.45) is 0.331. The second kappa shape index (κ2) is 4.97. The number of benzene rings is 1. The van der Waals surface area contributed by atoms with Gasteiger partial charge < -0.3 is 9.84 Å². The molecule has 1 aromatic rings. The molecule has 0 aliphatic carbocycles. The first-order valence-electron chi connectivity index (χ1n) is 5.14. The maximum atomic E-state index is 9.46. The van der Waals surface area contributed by atoms with E-state index in [0.29, 0.717) is 13.2 Å². The van der Waals surface area contributed by atoms with Crippen molar-refractivity contribution in [3.8, 4) is 11.8 Å². The molecule has 78 valence electrons. The van der Waals surface area contributed by atoms with Crippen molar-refractivity contribution in [3.05, 3.63) is 35.9 Å². The van der Waals surface area contributed by atoms with Crippen LogP contribution in [0.4, 0.5) is 0 Å². The third-order valence-corrected chi connectivity index (χ3v) is 2.47. The first kappa shape index (κ1) is 10.2. The van der Waals surface area contributed by atoms with Crippen molar-refractivity contribution < 1.29 is 9.84 Å². The zero-order valence-corrected chi connectivity index (χ0v) is 8.52. The Morgan fingerprint density at radius 2 is 2.07 bits per heavy atom. The van der Waals surface area contributed by atoms with Gasteiger partial charge in [0.1, 0.15) is 0 Å². The molecule has 1 fully saturated rings. The third kappa shape index (κ3) is 2.82. The van der Waals surface area contributed by atoms with Crippen LogP contribution in [0.1, 0.15) is 5.56 Å². The molecule has 0 amide bonds. The Morgan fingerprint density at radius 3 is 2.73 bits per heavy atom. The van der Waals surface area contributed by atoms with E-state index < -0.39 is 6.10 Å². The minimum Gasteiger partial charge on any atom is -0.389 e. The van der Waals surface area contributed by atoms with Gasteiger partial charge in [-0.25, -0.2) is 0 Å². The summed E-state index contributed by atoms with van der Waals surface area (Å²) in [5.74, 6) is 6.13. The topological polar surface area (TPSA) is 29.5 Å².